The summed E-state index contributed by atoms with van der Waals surface area (Å²) < 4.78 is 1.09. The molecule has 0 saturated carbocycles. The molecule has 2 heterocycles. The highest BCUT2D eigenvalue weighted by atomic mass is 127. The first-order valence-electron chi connectivity index (χ1n) is 8.79. The second-order valence-electron chi connectivity index (χ2n) is 7.75. The normalized spacial score (nSPS) is 13.2. The van der Waals surface area contributed by atoms with Gasteiger partial charge in [-0.25, -0.2) is 4.98 Å². The van der Waals surface area contributed by atoms with Gasteiger partial charge in [0.25, 0.3) is 0 Å². The third-order valence-corrected chi connectivity index (χ3v) is 6.48. The summed E-state index contributed by atoms with van der Waals surface area (Å²) in [6.07, 6.45) is 1.23. The summed E-state index contributed by atoms with van der Waals surface area (Å²) in [6.45, 7) is 5.95. The summed E-state index contributed by atoms with van der Waals surface area (Å²) in [5.41, 5.74) is 3.99. The zero-order valence-electron chi connectivity index (χ0n) is 15.5. The van der Waals surface area contributed by atoms with Crippen LogP contribution in [0.15, 0.2) is 23.6 Å². The van der Waals surface area contributed by atoms with Crippen LogP contribution in [0.3, 0.4) is 0 Å². The largest absolute Gasteiger partial charge is 0.481 e. The van der Waals surface area contributed by atoms with Crippen LogP contribution in [0.25, 0.3) is 22.2 Å². The quantitative estimate of drug-likeness (QED) is 0.412. The van der Waals surface area contributed by atoms with Crippen LogP contribution >= 0.6 is 33.9 Å². The number of benzene rings is 1. The molecule has 27 heavy (non-hydrogen) atoms. The number of carboxylic acids is 1. The number of nitrogens with one attached hydrogen (secondary N) is 1. The molecule has 144 valence electrons. The molecule has 0 spiro atoms. The number of carbonyl (C=O) groups is 1. The Kier molecular flexibility index (Phi) is 5.93. The molecule has 0 aliphatic rings. The number of hydrogen-bond donors (Lipinski definition) is 3. The minimum atomic E-state index is -0.800. The molecule has 0 fully saturated rings. The van der Waals surface area contributed by atoms with Crippen LogP contribution in [0.2, 0.25) is 0 Å². The Labute approximate surface area is 176 Å². The van der Waals surface area contributed by atoms with Gasteiger partial charge in [-0.05, 0) is 52.1 Å². The number of fused-ring (bicyclic) bond motifs is 1. The lowest BCUT2D eigenvalue weighted by atomic mass is 9.86. The minimum Gasteiger partial charge on any atom is -0.481 e. The first kappa shape index (κ1) is 20.3. The highest BCUT2D eigenvalue weighted by molar-refractivity contribution is 14.1. The maximum Gasteiger partial charge on any atom is 0.306 e. The standard InChI is InChI=1S/C20H23IN2O3S/c1-11(19(25)26)6-17-22-16(9-27-17)12-4-5-15-13(7-12)14(18(21)23-15)8-20(2,3)10-24/h4-5,7,9,11,23-24H,6,8,10H2,1-3H3,(H,25,26)/t11-/m0/s1. The van der Waals surface area contributed by atoms with Gasteiger partial charge in [0.2, 0.25) is 0 Å². The smallest absolute Gasteiger partial charge is 0.306 e. The van der Waals surface area contributed by atoms with Gasteiger partial charge in [0.05, 0.1) is 20.3 Å². The van der Waals surface area contributed by atoms with Crippen LogP contribution in [0.1, 0.15) is 31.3 Å². The van der Waals surface area contributed by atoms with Gasteiger partial charge >= 0.3 is 5.97 Å². The Bertz CT molecular complexity index is 977. The number of thiazole rings is 1. The molecule has 7 heteroatoms. The van der Waals surface area contributed by atoms with Crippen LogP contribution in [-0.4, -0.2) is 32.8 Å². The number of carboxylic acid groups (broad SMARTS) is 1. The van der Waals surface area contributed by atoms with E-state index in [1.807, 2.05) is 11.4 Å². The summed E-state index contributed by atoms with van der Waals surface area (Å²) in [7, 11) is 0. The van der Waals surface area contributed by atoms with Crippen molar-refractivity contribution in [2.45, 2.75) is 33.6 Å². The van der Waals surface area contributed by atoms with Crippen LogP contribution < -0.4 is 0 Å². The highest BCUT2D eigenvalue weighted by Gasteiger charge is 2.22. The molecule has 2 aromatic heterocycles. The van der Waals surface area contributed by atoms with Crippen molar-refractivity contribution in [2.24, 2.45) is 11.3 Å². The Balaban J connectivity index is 1.95. The monoisotopic (exact) mass is 498 g/mol. The third-order valence-electron chi connectivity index (χ3n) is 4.69. The molecule has 0 saturated heterocycles. The summed E-state index contributed by atoms with van der Waals surface area (Å²) in [6, 6.07) is 6.23. The molecule has 0 bridgehead atoms. The lowest BCUT2D eigenvalue weighted by molar-refractivity contribution is -0.141. The van der Waals surface area contributed by atoms with E-state index >= 15 is 0 Å². The van der Waals surface area contributed by atoms with E-state index < -0.39 is 11.9 Å². The zero-order chi connectivity index (χ0) is 19.8. The second-order valence-corrected chi connectivity index (χ2v) is 9.77. The van der Waals surface area contributed by atoms with Gasteiger partial charge < -0.3 is 15.2 Å². The van der Waals surface area contributed by atoms with Gasteiger partial charge in [0, 0.05) is 34.9 Å². The molecule has 3 N–H and O–H groups in total. The molecule has 1 aromatic carbocycles. The number of nitrogens with zero attached hydrogens (tertiary/aromatic N) is 1. The van der Waals surface area contributed by atoms with Crippen molar-refractivity contribution in [1.82, 2.24) is 9.97 Å². The molecule has 1 atom stereocenters. The number of aromatic amines is 1. The van der Waals surface area contributed by atoms with Gasteiger partial charge in [0.15, 0.2) is 0 Å². The SMILES string of the molecule is C[C@@H](Cc1nc(-c2ccc3[nH]c(I)c(CC(C)(C)CO)c3c2)cs1)C(=O)O. The third kappa shape index (κ3) is 4.52. The van der Waals surface area contributed by atoms with E-state index in [0.717, 1.165) is 37.3 Å². The van der Waals surface area contributed by atoms with E-state index in [-0.39, 0.29) is 12.0 Å². The van der Waals surface area contributed by atoms with Crippen molar-refractivity contribution in [3.05, 3.63) is 37.9 Å². The summed E-state index contributed by atoms with van der Waals surface area (Å²) in [5, 5.41) is 22.7. The topological polar surface area (TPSA) is 86.2 Å². The first-order chi connectivity index (χ1) is 12.7. The van der Waals surface area contributed by atoms with Gasteiger partial charge in [-0.2, -0.15) is 0 Å². The van der Waals surface area contributed by atoms with Crippen molar-refractivity contribution < 1.29 is 15.0 Å². The number of aliphatic carboxylic acids is 1. The van der Waals surface area contributed by atoms with E-state index in [9.17, 15) is 9.90 Å². The van der Waals surface area contributed by atoms with Crippen LogP contribution in [-0.2, 0) is 17.6 Å². The van der Waals surface area contributed by atoms with Crippen molar-refractivity contribution in [3.63, 3.8) is 0 Å². The van der Waals surface area contributed by atoms with Crippen molar-refractivity contribution in [2.75, 3.05) is 6.61 Å². The molecular formula is C20H23IN2O3S. The van der Waals surface area contributed by atoms with Crippen LogP contribution in [0.4, 0.5) is 0 Å². The Hall–Kier alpha value is -1.45. The Morgan fingerprint density at radius 1 is 1.41 bits per heavy atom. The highest BCUT2D eigenvalue weighted by Crippen LogP contribution is 2.33. The van der Waals surface area contributed by atoms with Crippen molar-refractivity contribution in [1.29, 1.82) is 0 Å². The maximum atomic E-state index is 11.1. The van der Waals surface area contributed by atoms with Gasteiger partial charge in [-0.3, -0.25) is 4.79 Å². The van der Waals surface area contributed by atoms with E-state index in [1.165, 1.54) is 16.9 Å². The average molecular weight is 498 g/mol. The Morgan fingerprint density at radius 2 is 2.15 bits per heavy atom. The first-order valence-corrected chi connectivity index (χ1v) is 10.7. The summed E-state index contributed by atoms with van der Waals surface area (Å²) in [4.78, 5) is 19.1. The van der Waals surface area contributed by atoms with Crippen molar-refractivity contribution in [3.8, 4) is 11.3 Å². The summed E-state index contributed by atoms with van der Waals surface area (Å²) in [5.74, 6) is -1.24. The number of aliphatic hydroxyl groups is 1. The minimum absolute atomic E-state index is 0.132. The lowest BCUT2D eigenvalue weighted by Crippen LogP contribution is -2.20. The van der Waals surface area contributed by atoms with Crippen LogP contribution in [0, 0.1) is 15.0 Å². The molecule has 3 aromatic rings. The zero-order valence-corrected chi connectivity index (χ0v) is 18.5. The van der Waals surface area contributed by atoms with Gasteiger partial charge in [-0.1, -0.05) is 26.8 Å². The molecule has 0 radical (unpaired) electrons. The molecular weight excluding hydrogens is 475 g/mol. The number of H-pyrrole nitrogens is 1. The predicted octanol–water partition coefficient (Wildman–Crippen LogP) is 4.72. The molecule has 0 unspecified atom stereocenters. The van der Waals surface area contributed by atoms with Crippen LogP contribution in [0.5, 0.6) is 0 Å². The maximum absolute atomic E-state index is 11.1. The van der Waals surface area contributed by atoms with E-state index in [2.05, 4.69) is 58.5 Å². The number of halogens is 1. The van der Waals surface area contributed by atoms with E-state index in [0.29, 0.717) is 6.42 Å². The van der Waals surface area contributed by atoms with Crippen molar-refractivity contribution >= 4 is 50.8 Å². The fraction of sp³-hybridized carbons (Fsp3) is 0.400. The number of rotatable bonds is 7. The fourth-order valence-electron chi connectivity index (χ4n) is 2.97. The predicted molar refractivity (Wildman–Crippen MR) is 117 cm³/mol. The second kappa shape index (κ2) is 7.89. The molecule has 5 nitrogen and oxygen atoms in total. The average Bonchev–Trinajstić information content (AvgIpc) is 3.19. The Morgan fingerprint density at radius 3 is 2.81 bits per heavy atom. The number of hydrogen-bond acceptors (Lipinski definition) is 4. The molecule has 0 aliphatic heterocycles. The summed E-state index contributed by atoms with van der Waals surface area (Å²) >= 11 is 3.82. The fourth-order valence-corrected chi connectivity index (χ4v) is 4.67. The molecule has 3 rings (SSSR count). The van der Waals surface area contributed by atoms with Gasteiger partial charge in [-0.15, -0.1) is 11.3 Å². The van der Waals surface area contributed by atoms with Gasteiger partial charge in [0.1, 0.15) is 0 Å². The number of aromatic nitrogens is 2. The molecule has 0 aliphatic carbocycles. The number of aliphatic hydroxyl groups excluding tert-OH is 1. The van der Waals surface area contributed by atoms with E-state index in [4.69, 9.17) is 5.11 Å². The lowest BCUT2D eigenvalue weighted by Gasteiger charge is -2.21. The molecule has 0 amide bonds. The van der Waals surface area contributed by atoms with E-state index in [1.54, 1.807) is 6.92 Å².